The molecule has 0 saturated heterocycles. The smallest absolute Gasteiger partial charge is 0.119 e. The predicted molar refractivity (Wildman–Crippen MR) is 131 cm³/mol. The molecule has 0 saturated carbocycles. The van der Waals surface area contributed by atoms with Gasteiger partial charge < -0.3 is 19.4 Å². The van der Waals surface area contributed by atoms with Crippen molar-refractivity contribution < 1.29 is 9.47 Å². The maximum atomic E-state index is 5.33. The molecule has 32 heavy (non-hydrogen) atoms. The van der Waals surface area contributed by atoms with Gasteiger partial charge in [-0.1, -0.05) is 0 Å². The summed E-state index contributed by atoms with van der Waals surface area (Å²) in [5.41, 5.74) is 5.83. The molecule has 0 amide bonds. The third kappa shape index (κ3) is 3.86. The van der Waals surface area contributed by atoms with Crippen molar-refractivity contribution in [1.82, 2.24) is 9.97 Å². The molecule has 3 aromatic carbocycles. The average molecular weight is 422 g/mol. The number of H-pyrrole nitrogens is 2. The number of hydrogen-bond acceptors (Lipinski definition) is 4. The van der Waals surface area contributed by atoms with Gasteiger partial charge in [0.15, 0.2) is 0 Å². The minimum absolute atomic E-state index is 0.822. The summed E-state index contributed by atoms with van der Waals surface area (Å²) in [5, 5.41) is 2.15. The third-order valence-corrected chi connectivity index (χ3v) is 5.40. The Morgan fingerprint density at radius 2 is 1.06 bits per heavy atom. The second kappa shape index (κ2) is 8.43. The van der Waals surface area contributed by atoms with Gasteiger partial charge in [0.2, 0.25) is 0 Å². The van der Waals surface area contributed by atoms with Crippen molar-refractivity contribution >= 4 is 45.6 Å². The van der Waals surface area contributed by atoms with E-state index in [9.17, 15) is 0 Å². The fourth-order valence-corrected chi connectivity index (χ4v) is 3.62. The van der Waals surface area contributed by atoms with Crippen LogP contribution in [0.5, 0.6) is 11.5 Å². The van der Waals surface area contributed by atoms with Gasteiger partial charge in [-0.3, -0.25) is 9.98 Å². The lowest BCUT2D eigenvalue weighted by Crippen LogP contribution is -1.83. The summed E-state index contributed by atoms with van der Waals surface area (Å²) in [4.78, 5) is 15.7. The zero-order chi connectivity index (χ0) is 21.9. The number of nitrogens with zero attached hydrogens (tertiary/aromatic N) is 2. The second-order valence-corrected chi connectivity index (χ2v) is 7.34. The van der Waals surface area contributed by atoms with Crippen LogP contribution in [0.25, 0.3) is 21.8 Å². The van der Waals surface area contributed by atoms with Gasteiger partial charge in [-0.2, -0.15) is 0 Å². The van der Waals surface area contributed by atoms with Crippen molar-refractivity contribution in [3.8, 4) is 11.5 Å². The number of nitrogens with one attached hydrogen (secondary N) is 2. The highest BCUT2D eigenvalue weighted by atomic mass is 16.5. The van der Waals surface area contributed by atoms with Gasteiger partial charge in [0.1, 0.15) is 11.5 Å². The van der Waals surface area contributed by atoms with Crippen LogP contribution in [0.2, 0.25) is 0 Å². The first-order valence-electron chi connectivity index (χ1n) is 10.2. The van der Waals surface area contributed by atoms with Crippen LogP contribution < -0.4 is 9.47 Å². The monoisotopic (exact) mass is 422 g/mol. The van der Waals surface area contributed by atoms with E-state index in [1.165, 1.54) is 0 Å². The summed E-state index contributed by atoms with van der Waals surface area (Å²) in [6.07, 6.45) is 7.61. The molecule has 0 unspecified atom stereocenters. The average Bonchev–Trinajstić information content (AvgIpc) is 3.44. The van der Waals surface area contributed by atoms with E-state index < -0.39 is 0 Å². The molecule has 2 heterocycles. The van der Waals surface area contributed by atoms with Crippen LogP contribution in [0.1, 0.15) is 11.1 Å². The van der Waals surface area contributed by atoms with Gasteiger partial charge in [0.05, 0.1) is 25.6 Å². The largest absolute Gasteiger partial charge is 0.497 e. The molecule has 158 valence electrons. The van der Waals surface area contributed by atoms with Gasteiger partial charge in [-0.25, -0.2) is 0 Å². The van der Waals surface area contributed by atoms with Crippen molar-refractivity contribution in [1.29, 1.82) is 0 Å². The van der Waals surface area contributed by atoms with Gasteiger partial charge in [-0.05, 0) is 60.7 Å². The van der Waals surface area contributed by atoms with Crippen molar-refractivity contribution in [3.05, 3.63) is 84.2 Å². The van der Waals surface area contributed by atoms with Crippen molar-refractivity contribution in [2.45, 2.75) is 0 Å². The standard InChI is InChI=1S/C26H22N4O2/c1-31-21-7-9-25-23(11-21)17(15-29-25)13-27-19-3-5-20(6-4-19)28-14-18-16-30-26-10-8-22(32-2)12-24(18)26/h3-16,29-30H,1-2H3. The van der Waals surface area contributed by atoms with Crippen LogP contribution in [0.3, 0.4) is 0 Å². The fraction of sp³-hybridized carbons (Fsp3) is 0.0769. The highest BCUT2D eigenvalue weighted by Gasteiger charge is 2.04. The summed E-state index contributed by atoms with van der Waals surface area (Å²) >= 11 is 0. The number of rotatable bonds is 6. The normalized spacial score (nSPS) is 11.8. The minimum Gasteiger partial charge on any atom is -0.497 e. The molecule has 5 aromatic rings. The van der Waals surface area contributed by atoms with Gasteiger partial charge in [0, 0.05) is 57.8 Å². The van der Waals surface area contributed by atoms with E-state index in [4.69, 9.17) is 9.47 Å². The molecule has 5 rings (SSSR count). The Morgan fingerprint density at radius 3 is 1.47 bits per heavy atom. The fourth-order valence-electron chi connectivity index (χ4n) is 3.62. The summed E-state index contributed by atoms with van der Waals surface area (Å²) in [7, 11) is 3.34. The Kier molecular flexibility index (Phi) is 5.17. The SMILES string of the molecule is COc1ccc2[nH]cc(C=Nc3ccc(N=Cc4c[nH]c5ccc(OC)cc45)cc3)c2c1. The van der Waals surface area contributed by atoms with Crippen LogP contribution in [0, 0.1) is 0 Å². The lowest BCUT2D eigenvalue weighted by Gasteiger charge is -2.00. The molecule has 0 aliphatic heterocycles. The molecule has 0 aliphatic carbocycles. The van der Waals surface area contributed by atoms with Crippen LogP contribution in [0.15, 0.2) is 83.0 Å². The number of aromatic nitrogens is 2. The molecular weight excluding hydrogens is 400 g/mol. The molecule has 0 aliphatic rings. The summed E-state index contributed by atoms with van der Waals surface area (Å²) < 4.78 is 10.7. The van der Waals surface area contributed by atoms with E-state index in [1.54, 1.807) is 14.2 Å². The summed E-state index contributed by atoms with van der Waals surface area (Å²) in [5.74, 6) is 1.64. The Bertz CT molecular complexity index is 1330. The molecule has 2 N–H and O–H groups in total. The van der Waals surface area contributed by atoms with E-state index in [0.29, 0.717) is 0 Å². The number of fused-ring (bicyclic) bond motifs is 2. The molecule has 2 aromatic heterocycles. The summed E-state index contributed by atoms with van der Waals surface area (Å²) in [6.45, 7) is 0. The number of ether oxygens (including phenoxy) is 2. The first kappa shape index (κ1) is 19.6. The van der Waals surface area contributed by atoms with Crippen LogP contribution >= 0.6 is 0 Å². The maximum absolute atomic E-state index is 5.33. The van der Waals surface area contributed by atoms with Gasteiger partial charge >= 0.3 is 0 Å². The molecule has 6 nitrogen and oxygen atoms in total. The molecule has 0 radical (unpaired) electrons. The third-order valence-electron chi connectivity index (χ3n) is 5.40. The van der Waals surface area contributed by atoms with Crippen LogP contribution in [-0.2, 0) is 0 Å². The molecular formula is C26H22N4O2. The number of benzene rings is 3. The first-order valence-corrected chi connectivity index (χ1v) is 10.2. The van der Waals surface area contributed by atoms with Crippen LogP contribution in [0.4, 0.5) is 11.4 Å². The van der Waals surface area contributed by atoms with E-state index in [2.05, 4.69) is 20.0 Å². The first-order chi connectivity index (χ1) is 15.7. The minimum atomic E-state index is 0.822. The highest BCUT2D eigenvalue weighted by molar-refractivity contribution is 6.01. The van der Waals surface area contributed by atoms with E-state index in [-0.39, 0.29) is 0 Å². The lowest BCUT2D eigenvalue weighted by atomic mass is 10.2. The molecule has 0 spiro atoms. The van der Waals surface area contributed by atoms with Crippen molar-refractivity contribution in [2.24, 2.45) is 9.98 Å². The molecule has 0 bridgehead atoms. The Hall–Kier alpha value is -4.32. The quantitative estimate of drug-likeness (QED) is 0.321. The Balaban J connectivity index is 1.34. The lowest BCUT2D eigenvalue weighted by molar-refractivity contribution is 0.415. The molecule has 0 atom stereocenters. The van der Waals surface area contributed by atoms with E-state index in [0.717, 1.165) is 55.8 Å². The predicted octanol–water partition coefficient (Wildman–Crippen LogP) is 6.17. The molecule has 0 fully saturated rings. The maximum Gasteiger partial charge on any atom is 0.119 e. The number of aliphatic imine (C=N–C) groups is 2. The highest BCUT2D eigenvalue weighted by Crippen LogP contribution is 2.25. The Morgan fingerprint density at radius 1 is 0.625 bits per heavy atom. The number of aromatic amines is 2. The van der Waals surface area contributed by atoms with Gasteiger partial charge in [-0.15, -0.1) is 0 Å². The Labute approximate surface area is 185 Å². The van der Waals surface area contributed by atoms with Gasteiger partial charge in [0.25, 0.3) is 0 Å². The number of hydrogen-bond donors (Lipinski definition) is 2. The zero-order valence-electron chi connectivity index (χ0n) is 17.8. The van der Waals surface area contributed by atoms with Crippen LogP contribution in [-0.4, -0.2) is 36.6 Å². The van der Waals surface area contributed by atoms with Crippen molar-refractivity contribution in [2.75, 3.05) is 14.2 Å². The number of methoxy groups -OCH3 is 2. The molecule has 6 heteroatoms. The van der Waals surface area contributed by atoms with E-state index in [1.807, 2.05) is 85.5 Å². The summed E-state index contributed by atoms with van der Waals surface area (Å²) in [6, 6.07) is 19.7. The zero-order valence-corrected chi connectivity index (χ0v) is 17.8. The second-order valence-electron chi connectivity index (χ2n) is 7.34. The van der Waals surface area contributed by atoms with Crippen molar-refractivity contribution in [3.63, 3.8) is 0 Å². The van der Waals surface area contributed by atoms with E-state index >= 15 is 0 Å². The topological polar surface area (TPSA) is 74.8 Å².